The van der Waals surface area contributed by atoms with E-state index in [4.69, 9.17) is 14.5 Å². The Bertz CT molecular complexity index is 1540. The average molecular weight is 536 g/mol. The molecule has 0 radical (unpaired) electrons. The van der Waals surface area contributed by atoms with Gasteiger partial charge in [-0.05, 0) is 97.9 Å². The largest absolute Gasteiger partial charge is 0.454 e. The molecule has 3 aliphatic heterocycles. The van der Waals surface area contributed by atoms with E-state index in [2.05, 4.69) is 32.2 Å². The summed E-state index contributed by atoms with van der Waals surface area (Å²) in [5.74, 6) is 2.28. The van der Waals surface area contributed by atoms with Gasteiger partial charge in [0.05, 0.1) is 11.1 Å². The maximum absolute atomic E-state index is 14.3. The highest BCUT2D eigenvalue weighted by Gasteiger charge is 2.32. The van der Waals surface area contributed by atoms with E-state index in [9.17, 15) is 4.79 Å². The predicted octanol–water partition coefficient (Wildman–Crippen LogP) is 5.34. The van der Waals surface area contributed by atoms with Gasteiger partial charge < -0.3 is 24.6 Å². The van der Waals surface area contributed by atoms with Gasteiger partial charge >= 0.3 is 0 Å². The first-order valence-corrected chi connectivity index (χ1v) is 14.2. The maximum Gasteiger partial charge on any atom is 0.254 e. The van der Waals surface area contributed by atoms with Gasteiger partial charge in [-0.25, -0.2) is 4.98 Å². The third-order valence-corrected chi connectivity index (χ3v) is 8.27. The molecular formula is C32H33N5O3. The molecule has 0 aliphatic carbocycles. The van der Waals surface area contributed by atoms with Gasteiger partial charge in [0.2, 0.25) is 6.79 Å². The summed E-state index contributed by atoms with van der Waals surface area (Å²) in [4.78, 5) is 27.9. The molecule has 1 N–H and O–H groups in total. The maximum atomic E-state index is 14.3. The molecule has 2 aromatic carbocycles. The Hall–Kier alpha value is -4.17. The first kappa shape index (κ1) is 24.8. The number of likely N-dealkylation sites (tertiary alicyclic amines) is 2. The molecule has 40 heavy (non-hydrogen) atoms. The molecule has 0 saturated carbocycles. The van der Waals surface area contributed by atoms with Crippen molar-refractivity contribution >= 4 is 22.6 Å². The molecular weight excluding hydrogens is 502 g/mol. The summed E-state index contributed by atoms with van der Waals surface area (Å²) in [6.45, 7) is 4.87. The number of benzene rings is 2. The van der Waals surface area contributed by atoms with Crippen molar-refractivity contribution in [2.45, 2.75) is 38.3 Å². The van der Waals surface area contributed by atoms with Gasteiger partial charge in [-0.2, -0.15) is 0 Å². The Morgan fingerprint density at radius 1 is 0.900 bits per heavy atom. The highest BCUT2D eigenvalue weighted by molar-refractivity contribution is 6.08. The third-order valence-electron chi connectivity index (χ3n) is 8.27. The lowest BCUT2D eigenvalue weighted by Crippen LogP contribution is -2.42. The number of fused-ring (bicyclic) bond motifs is 2. The molecule has 1 atom stereocenters. The molecule has 2 saturated heterocycles. The van der Waals surface area contributed by atoms with Gasteiger partial charge in [0.1, 0.15) is 5.82 Å². The fourth-order valence-corrected chi connectivity index (χ4v) is 6.15. The van der Waals surface area contributed by atoms with Crippen LogP contribution in [0.3, 0.4) is 0 Å². The van der Waals surface area contributed by atoms with Crippen molar-refractivity contribution in [3.05, 3.63) is 78.1 Å². The summed E-state index contributed by atoms with van der Waals surface area (Å²) in [6, 6.07) is 18.2. The zero-order valence-electron chi connectivity index (χ0n) is 22.5. The minimum atomic E-state index is 0.0869. The lowest BCUT2D eigenvalue weighted by Gasteiger charge is -2.29. The number of hydrogen-bond donors (Lipinski definition) is 1. The molecule has 8 nitrogen and oxygen atoms in total. The monoisotopic (exact) mass is 535 g/mol. The molecule has 0 unspecified atom stereocenters. The SMILES string of the molecule is O=C(c1cc(NCc2ccncc2)nc2ccc(-c3ccc4c(c3)OCO4)cc12)N1CCC[C@H]1CN1CCCC1. The number of nitrogens with zero attached hydrogens (tertiary/aromatic N) is 4. The van der Waals surface area contributed by atoms with E-state index in [-0.39, 0.29) is 18.7 Å². The second kappa shape index (κ2) is 10.8. The Kier molecular flexibility index (Phi) is 6.69. The summed E-state index contributed by atoms with van der Waals surface area (Å²) in [5, 5.41) is 4.30. The van der Waals surface area contributed by atoms with Crippen LogP contribution in [0.1, 0.15) is 41.6 Å². The van der Waals surface area contributed by atoms with Crippen LogP contribution in [0.4, 0.5) is 5.82 Å². The van der Waals surface area contributed by atoms with E-state index < -0.39 is 0 Å². The van der Waals surface area contributed by atoms with Crippen molar-refractivity contribution in [3.63, 3.8) is 0 Å². The van der Waals surface area contributed by atoms with E-state index in [1.54, 1.807) is 12.4 Å². The summed E-state index contributed by atoms with van der Waals surface area (Å²) in [7, 11) is 0. The van der Waals surface area contributed by atoms with E-state index >= 15 is 0 Å². The molecule has 204 valence electrons. The van der Waals surface area contributed by atoms with Gasteiger partial charge in [0.25, 0.3) is 5.91 Å². The van der Waals surface area contributed by atoms with Crippen molar-refractivity contribution in [3.8, 4) is 22.6 Å². The van der Waals surface area contributed by atoms with Crippen LogP contribution in [0.25, 0.3) is 22.0 Å². The summed E-state index contributed by atoms with van der Waals surface area (Å²) in [5.41, 5.74) is 4.61. The van der Waals surface area contributed by atoms with Crippen LogP contribution in [0.5, 0.6) is 11.5 Å². The van der Waals surface area contributed by atoms with Crippen molar-refractivity contribution in [1.29, 1.82) is 0 Å². The molecule has 7 rings (SSSR count). The first-order valence-electron chi connectivity index (χ1n) is 14.2. The second-order valence-electron chi connectivity index (χ2n) is 10.9. The number of anilines is 1. The number of nitrogens with one attached hydrogen (secondary N) is 1. The minimum Gasteiger partial charge on any atom is -0.454 e. The molecule has 2 fully saturated rings. The van der Waals surface area contributed by atoms with Crippen molar-refractivity contribution in [1.82, 2.24) is 19.8 Å². The van der Waals surface area contributed by atoms with E-state index in [0.717, 1.165) is 78.1 Å². The van der Waals surface area contributed by atoms with Crippen LogP contribution < -0.4 is 14.8 Å². The molecule has 4 aromatic rings. The molecule has 1 amide bonds. The fourth-order valence-electron chi connectivity index (χ4n) is 6.15. The van der Waals surface area contributed by atoms with Crippen molar-refractivity contribution < 1.29 is 14.3 Å². The lowest BCUT2D eigenvalue weighted by molar-refractivity contribution is 0.0710. The van der Waals surface area contributed by atoms with E-state index in [1.165, 1.54) is 12.8 Å². The smallest absolute Gasteiger partial charge is 0.254 e. The van der Waals surface area contributed by atoms with Crippen molar-refractivity contribution in [2.24, 2.45) is 0 Å². The fraction of sp³-hybridized carbons (Fsp3) is 0.344. The van der Waals surface area contributed by atoms with Crippen LogP contribution in [0.15, 0.2) is 67.0 Å². The quantitative estimate of drug-likeness (QED) is 0.342. The number of pyridine rings is 2. The standard InChI is InChI=1S/C32H33N5O3/c38-32(37-15-3-4-25(37)20-36-13-1-2-14-36)27-18-31(34-19-22-9-11-33-12-10-22)35-28-7-5-23(16-26(27)28)24-6-8-29-30(17-24)40-21-39-29/h5-12,16-18,25H,1-4,13-15,19-21H2,(H,34,35)/t25-/m0/s1. The number of carbonyl (C=O) groups is 1. The number of carbonyl (C=O) groups excluding carboxylic acids is 1. The molecule has 3 aliphatic rings. The molecule has 5 heterocycles. The van der Waals surface area contributed by atoms with Crippen LogP contribution in [-0.2, 0) is 6.54 Å². The molecule has 8 heteroatoms. The third kappa shape index (κ3) is 4.95. The zero-order valence-corrected chi connectivity index (χ0v) is 22.5. The number of hydrogen-bond acceptors (Lipinski definition) is 7. The first-order chi connectivity index (χ1) is 19.7. The lowest BCUT2D eigenvalue weighted by atomic mass is 9.99. The van der Waals surface area contributed by atoms with Gasteiger partial charge in [0.15, 0.2) is 11.5 Å². The summed E-state index contributed by atoms with van der Waals surface area (Å²) < 4.78 is 11.1. The number of rotatable bonds is 7. The average Bonchev–Trinajstić information content (AvgIpc) is 3.78. The Morgan fingerprint density at radius 3 is 2.58 bits per heavy atom. The Morgan fingerprint density at radius 2 is 1.70 bits per heavy atom. The normalized spacial score (nSPS) is 18.5. The van der Waals surface area contributed by atoms with Gasteiger partial charge in [0, 0.05) is 43.5 Å². The van der Waals surface area contributed by atoms with Crippen LogP contribution >= 0.6 is 0 Å². The van der Waals surface area contributed by atoms with Crippen LogP contribution in [-0.4, -0.2) is 64.7 Å². The van der Waals surface area contributed by atoms with Gasteiger partial charge in [-0.1, -0.05) is 12.1 Å². The minimum absolute atomic E-state index is 0.0869. The molecule has 0 bridgehead atoms. The number of ether oxygens (including phenoxy) is 2. The Labute approximate surface area is 233 Å². The van der Waals surface area contributed by atoms with Gasteiger partial charge in [-0.15, -0.1) is 0 Å². The van der Waals surface area contributed by atoms with Gasteiger partial charge in [-0.3, -0.25) is 9.78 Å². The zero-order chi connectivity index (χ0) is 26.9. The predicted molar refractivity (Wildman–Crippen MR) is 155 cm³/mol. The van der Waals surface area contributed by atoms with Crippen LogP contribution in [0.2, 0.25) is 0 Å². The summed E-state index contributed by atoms with van der Waals surface area (Å²) >= 11 is 0. The molecule has 0 spiro atoms. The van der Waals surface area contributed by atoms with E-state index in [1.807, 2.05) is 42.5 Å². The second-order valence-corrected chi connectivity index (χ2v) is 10.9. The highest BCUT2D eigenvalue weighted by atomic mass is 16.7. The number of aromatic nitrogens is 2. The topological polar surface area (TPSA) is 79.8 Å². The van der Waals surface area contributed by atoms with Crippen molar-refractivity contribution in [2.75, 3.05) is 38.3 Å². The summed E-state index contributed by atoms with van der Waals surface area (Å²) in [6.07, 6.45) is 8.18. The molecule has 2 aromatic heterocycles. The van der Waals surface area contributed by atoms with Crippen LogP contribution in [0, 0.1) is 0 Å². The Balaban J connectivity index is 1.25. The van der Waals surface area contributed by atoms with E-state index in [0.29, 0.717) is 17.9 Å². The highest BCUT2D eigenvalue weighted by Crippen LogP contribution is 2.37. The number of amides is 1.